The van der Waals surface area contributed by atoms with Crippen LogP contribution in [0.15, 0.2) is 24.3 Å². The van der Waals surface area contributed by atoms with Crippen molar-refractivity contribution in [3.63, 3.8) is 0 Å². The minimum Gasteiger partial charge on any atom is -0.491 e. The number of hydrogen-bond donors (Lipinski definition) is 2. The van der Waals surface area contributed by atoms with Crippen LogP contribution in [0, 0.1) is 5.92 Å². The SMILES string of the molecule is NCC1CCCCC1NC(=O)c1ccc(OCC2CCCO2)cc1. The standard InChI is InChI=1S/C19H28N2O3/c20-12-15-4-1-2-6-18(15)21-19(22)14-7-9-16(10-8-14)24-13-17-5-3-11-23-17/h7-10,15,17-18H,1-6,11-13,20H2,(H,21,22). The van der Waals surface area contributed by atoms with E-state index in [1.54, 1.807) is 0 Å². The molecule has 0 aromatic heterocycles. The maximum absolute atomic E-state index is 12.4. The Bertz CT molecular complexity index is 526. The second-order valence-electron chi connectivity index (χ2n) is 6.83. The zero-order chi connectivity index (χ0) is 16.8. The fourth-order valence-corrected chi connectivity index (χ4v) is 3.60. The molecule has 5 nitrogen and oxygen atoms in total. The van der Waals surface area contributed by atoms with Crippen LogP contribution in [0.1, 0.15) is 48.9 Å². The number of nitrogens with two attached hydrogens (primary N) is 1. The molecule has 5 heteroatoms. The quantitative estimate of drug-likeness (QED) is 0.839. The highest BCUT2D eigenvalue weighted by Gasteiger charge is 2.25. The third-order valence-electron chi connectivity index (χ3n) is 5.10. The zero-order valence-corrected chi connectivity index (χ0v) is 14.2. The van der Waals surface area contributed by atoms with Gasteiger partial charge in [-0.3, -0.25) is 4.79 Å². The molecule has 3 N–H and O–H groups in total. The molecular formula is C19H28N2O3. The largest absolute Gasteiger partial charge is 0.491 e. The van der Waals surface area contributed by atoms with Gasteiger partial charge in [0.25, 0.3) is 5.91 Å². The fourth-order valence-electron chi connectivity index (χ4n) is 3.60. The van der Waals surface area contributed by atoms with Crippen molar-refractivity contribution in [2.24, 2.45) is 11.7 Å². The molecular weight excluding hydrogens is 304 g/mol. The Morgan fingerprint density at radius 1 is 1.17 bits per heavy atom. The van der Waals surface area contributed by atoms with E-state index in [0.717, 1.165) is 44.5 Å². The predicted octanol–water partition coefficient (Wildman–Crippen LogP) is 2.49. The minimum absolute atomic E-state index is 0.0222. The smallest absolute Gasteiger partial charge is 0.251 e. The maximum atomic E-state index is 12.4. The van der Waals surface area contributed by atoms with Crippen molar-refractivity contribution in [3.8, 4) is 5.75 Å². The lowest BCUT2D eigenvalue weighted by Crippen LogP contribution is -2.44. The number of carbonyl (C=O) groups excluding carboxylic acids is 1. The molecule has 3 rings (SSSR count). The molecule has 2 fully saturated rings. The first-order valence-corrected chi connectivity index (χ1v) is 9.11. The topological polar surface area (TPSA) is 73.6 Å². The molecule has 0 bridgehead atoms. The summed E-state index contributed by atoms with van der Waals surface area (Å²) in [4.78, 5) is 12.4. The summed E-state index contributed by atoms with van der Waals surface area (Å²) in [5.41, 5.74) is 6.50. The molecule has 1 amide bonds. The van der Waals surface area contributed by atoms with Crippen molar-refractivity contribution < 1.29 is 14.3 Å². The van der Waals surface area contributed by atoms with E-state index in [0.29, 0.717) is 24.6 Å². The first-order chi connectivity index (χ1) is 11.8. The first kappa shape index (κ1) is 17.2. The van der Waals surface area contributed by atoms with Crippen molar-refractivity contribution in [2.45, 2.75) is 50.7 Å². The number of carbonyl (C=O) groups is 1. The fraction of sp³-hybridized carbons (Fsp3) is 0.632. The third kappa shape index (κ3) is 4.48. The van der Waals surface area contributed by atoms with Crippen molar-refractivity contribution in [1.29, 1.82) is 0 Å². The average Bonchev–Trinajstić information content (AvgIpc) is 3.14. The van der Waals surface area contributed by atoms with Crippen LogP contribution >= 0.6 is 0 Å². The lowest BCUT2D eigenvalue weighted by molar-refractivity contribution is 0.0679. The molecule has 132 valence electrons. The van der Waals surface area contributed by atoms with Crippen molar-refractivity contribution in [1.82, 2.24) is 5.32 Å². The lowest BCUT2D eigenvalue weighted by atomic mass is 9.84. The second kappa shape index (κ2) is 8.49. The van der Waals surface area contributed by atoms with E-state index in [9.17, 15) is 4.79 Å². The summed E-state index contributed by atoms with van der Waals surface area (Å²) in [6.45, 7) is 2.05. The second-order valence-corrected chi connectivity index (χ2v) is 6.83. The highest BCUT2D eigenvalue weighted by atomic mass is 16.5. The van der Waals surface area contributed by atoms with Crippen LogP contribution in [0.3, 0.4) is 0 Å². The molecule has 3 atom stereocenters. The van der Waals surface area contributed by atoms with E-state index < -0.39 is 0 Å². The van der Waals surface area contributed by atoms with Gasteiger partial charge >= 0.3 is 0 Å². The lowest BCUT2D eigenvalue weighted by Gasteiger charge is -2.31. The molecule has 1 saturated carbocycles. The van der Waals surface area contributed by atoms with Crippen molar-refractivity contribution in [3.05, 3.63) is 29.8 Å². The predicted molar refractivity (Wildman–Crippen MR) is 93.2 cm³/mol. The summed E-state index contributed by atoms with van der Waals surface area (Å²) in [6, 6.07) is 7.55. The summed E-state index contributed by atoms with van der Waals surface area (Å²) < 4.78 is 11.3. The number of amides is 1. The van der Waals surface area contributed by atoms with Crippen molar-refractivity contribution in [2.75, 3.05) is 19.8 Å². The summed E-state index contributed by atoms with van der Waals surface area (Å²) in [5, 5.41) is 3.15. The number of ether oxygens (including phenoxy) is 2. The van der Waals surface area contributed by atoms with Gasteiger partial charge in [0.15, 0.2) is 0 Å². The molecule has 24 heavy (non-hydrogen) atoms. The Hall–Kier alpha value is -1.59. The van der Waals surface area contributed by atoms with Gasteiger partial charge in [-0.25, -0.2) is 0 Å². The van der Waals surface area contributed by atoms with Gasteiger partial charge in [0, 0.05) is 18.2 Å². The monoisotopic (exact) mass is 332 g/mol. The Balaban J connectivity index is 1.51. The Kier molecular flexibility index (Phi) is 6.10. The molecule has 2 aliphatic rings. The number of hydrogen-bond acceptors (Lipinski definition) is 4. The van der Waals surface area contributed by atoms with E-state index in [1.807, 2.05) is 24.3 Å². The van der Waals surface area contributed by atoms with Crippen LogP contribution < -0.4 is 15.8 Å². The summed E-state index contributed by atoms with van der Waals surface area (Å²) in [5.74, 6) is 1.15. The van der Waals surface area contributed by atoms with Crippen molar-refractivity contribution >= 4 is 5.91 Å². The summed E-state index contributed by atoms with van der Waals surface area (Å²) in [7, 11) is 0. The number of nitrogens with one attached hydrogen (secondary N) is 1. The van der Waals surface area contributed by atoms with Crippen LogP contribution in [0.2, 0.25) is 0 Å². The highest BCUT2D eigenvalue weighted by molar-refractivity contribution is 5.94. The highest BCUT2D eigenvalue weighted by Crippen LogP contribution is 2.24. The van der Waals surface area contributed by atoms with Crippen LogP contribution in [0.4, 0.5) is 0 Å². The maximum Gasteiger partial charge on any atom is 0.251 e. The Morgan fingerprint density at radius 3 is 2.67 bits per heavy atom. The van der Waals surface area contributed by atoms with Gasteiger partial charge in [0.1, 0.15) is 12.4 Å². The number of benzene rings is 1. The van der Waals surface area contributed by atoms with E-state index in [1.165, 1.54) is 6.42 Å². The van der Waals surface area contributed by atoms with E-state index >= 15 is 0 Å². The summed E-state index contributed by atoms with van der Waals surface area (Å²) >= 11 is 0. The molecule has 1 heterocycles. The number of rotatable bonds is 6. The van der Waals surface area contributed by atoms with Gasteiger partial charge in [-0.1, -0.05) is 12.8 Å². The third-order valence-corrected chi connectivity index (χ3v) is 5.10. The molecule has 1 saturated heterocycles. The Labute approximate surface area is 143 Å². The van der Waals surface area contributed by atoms with Gasteiger partial charge < -0.3 is 20.5 Å². The van der Waals surface area contributed by atoms with Gasteiger partial charge in [-0.15, -0.1) is 0 Å². The molecule has 3 unspecified atom stereocenters. The van der Waals surface area contributed by atoms with Gasteiger partial charge in [-0.2, -0.15) is 0 Å². The summed E-state index contributed by atoms with van der Waals surface area (Å²) in [6.07, 6.45) is 6.88. The van der Waals surface area contributed by atoms with Crippen LogP contribution in [0.25, 0.3) is 0 Å². The zero-order valence-electron chi connectivity index (χ0n) is 14.2. The molecule has 1 aliphatic heterocycles. The minimum atomic E-state index is -0.0222. The van der Waals surface area contributed by atoms with Gasteiger partial charge in [-0.05, 0) is 62.4 Å². The Morgan fingerprint density at radius 2 is 1.96 bits per heavy atom. The van der Waals surface area contributed by atoms with Crippen LogP contribution in [-0.4, -0.2) is 37.8 Å². The van der Waals surface area contributed by atoms with Gasteiger partial charge in [0.2, 0.25) is 0 Å². The first-order valence-electron chi connectivity index (χ1n) is 9.11. The average molecular weight is 332 g/mol. The molecule has 1 aromatic rings. The van der Waals surface area contributed by atoms with E-state index in [2.05, 4.69) is 5.32 Å². The molecule has 1 aromatic carbocycles. The molecule has 0 spiro atoms. The van der Waals surface area contributed by atoms with Crippen LogP contribution in [0.5, 0.6) is 5.75 Å². The normalized spacial score (nSPS) is 27.0. The van der Waals surface area contributed by atoms with Crippen LogP contribution in [-0.2, 0) is 4.74 Å². The van der Waals surface area contributed by atoms with Gasteiger partial charge in [0.05, 0.1) is 6.10 Å². The molecule has 0 radical (unpaired) electrons. The van der Waals surface area contributed by atoms with E-state index in [4.69, 9.17) is 15.2 Å². The van der Waals surface area contributed by atoms with E-state index in [-0.39, 0.29) is 18.1 Å². The molecule has 1 aliphatic carbocycles.